The summed E-state index contributed by atoms with van der Waals surface area (Å²) in [5, 5.41) is 0. The van der Waals surface area contributed by atoms with Crippen molar-refractivity contribution in [1.29, 1.82) is 0 Å². The van der Waals surface area contributed by atoms with E-state index < -0.39 is 66.4 Å². The molecule has 0 N–H and O–H groups in total. The van der Waals surface area contributed by atoms with Crippen molar-refractivity contribution in [3.05, 3.63) is 24.8 Å². The Hall–Kier alpha value is -1.85. The summed E-state index contributed by atoms with van der Waals surface area (Å²) in [6.07, 6.45) is -23.3. The average molecular weight is 510 g/mol. The Balaban J connectivity index is 0. The third kappa shape index (κ3) is 6.81. The van der Waals surface area contributed by atoms with E-state index in [1.54, 1.807) is 0 Å². The summed E-state index contributed by atoms with van der Waals surface area (Å²) < 4.78 is 223. The highest BCUT2D eigenvalue weighted by molar-refractivity contribution is 5.08. The molecule has 0 rings (SSSR count). The van der Waals surface area contributed by atoms with Gasteiger partial charge in [0.15, 0.2) is 0 Å². The van der Waals surface area contributed by atoms with E-state index in [1.807, 2.05) is 0 Å². The van der Waals surface area contributed by atoms with Crippen LogP contribution in [0.3, 0.4) is 0 Å². The summed E-state index contributed by atoms with van der Waals surface area (Å²) in [4.78, 5) is 0. The molecule has 0 atom stereocenters. The van der Waals surface area contributed by atoms with E-state index in [9.17, 15) is 83.4 Å². The molecule has 0 aromatic carbocycles. The molecule has 0 aromatic heterocycles. The molecule has 0 amide bonds. The van der Waals surface area contributed by atoms with Crippen molar-refractivity contribution in [1.82, 2.24) is 0 Å². The quantitative estimate of drug-likeness (QED) is 0.264. The van der Waals surface area contributed by atoms with Gasteiger partial charge in [-0.2, -0.15) is 83.4 Å². The molecule has 0 aliphatic heterocycles. The van der Waals surface area contributed by atoms with Gasteiger partial charge in [-0.1, -0.05) is 6.58 Å². The van der Waals surface area contributed by atoms with Crippen LogP contribution in [0.25, 0.3) is 0 Å². The Kier molecular flexibility index (Phi) is 8.68. The summed E-state index contributed by atoms with van der Waals surface area (Å²) in [5.74, 6) is -30.6. The van der Waals surface area contributed by atoms with Gasteiger partial charge in [0.05, 0.1) is 0 Å². The van der Waals surface area contributed by atoms with Gasteiger partial charge in [-0.05, 0) is 18.2 Å². The molecule has 0 aromatic rings. The lowest BCUT2D eigenvalue weighted by Crippen LogP contribution is -2.60. The standard InChI is InChI=1S/C6H2F10.C6H3F9/c7-3(8,5(11,12)13)1-2-4(9,10)6(14,15)16;1-2-3(7,8)4(9,10)5(11,12)6(13,14)15/h1-2H;2H,1H2. The number of alkyl halides is 19. The van der Waals surface area contributed by atoms with Crippen molar-refractivity contribution >= 4 is 0 Å². The minimum atomic E-state index is -6.84. The minimum absolute atomic E-state index is 0.966. The van der Waals surface area contributed by atoms with Gasteiger partial charge in [0.25, 0.3) is 0 Å². The van der Waals surface area contributed by atoms with Crippen LogP contribution in [0, 0.1) is 0 Å². The van der Waals surface area contributed by atoms with Crippen LogP contribution in [-0.2, 0) is 0 Å². The van der Waals surface area contributed by atoms with Gasteiger partial charge < -0.3 is 0 Å². The first kappa shape index (κ1) is 31.3. The number of allylic oxidation sites excluding steroid dienone is 3. The molecule has 0 nitrogen and oxygen atoms in total. The van der Waals surface area contributed by atoms with Gasteiger partial charge in [-0.3, -0.25) is 0 Å². The van der Waals surface area contributed by atoms with Crippen molar-refractivity contribution in [3.63, 3.8) is 0 Å². The zero-order valence-electron chi connectivity index (χ0n) is 13.6. The van der Waals surface area contributed by atoms with Crippen LogP contribution in [0.2, 0.25) is 0 Å². The monoisotopic (exact) mass is 510 g/mol. The van der Waals surface area contributed by atoms with Gasteiger partial charge in [-0.15, -0.1) is 0 Å². The first-order chi connectivity index (χ1) is 13.0. The second-order valence-electron chi connectivity index (χ2n) is 5.05. The van der Waals surface area contributed by atoms with E-state index in [0.29, 0.717) is 0 Å². The van der Waals surface area contributed by atoms with Gasteiger partial charge >= 0.3 is 48.1 Å². The highest BCUT2D eigenvalue weighted by Crippen LogP contribution is 2.53. The van der Waals surface area contributed by atoms with Gasteiger partial charge in [0.1, 0.15) is 0 Å². The predicted octanol–water partition coefficient (Wildman–Crippen LogP) is 7.58. The predicted molar refractivity (Wildman–Crippen MR) is 62.2 cm³/mol. The third-order valence-electron chi connectivity index (χ3n) is 2.68. The maximum Gasteiger partial charge on any atom is 0.460 e. The fourth-order valence-corrected chi connectivity index (χ4v) is 0.914. The zero-order chi connectivity index (χ0) is 26.1. The molecular weight excluding hydrogens is 505 g/mol. The number of hydrogen-bond donors (Lipinski definition) is 0. The fourth-order valence-electron chi connectivity index (χ4n) is 0.914. The molecule has 0 saturated heterocycles. The SMILES string of the molecule is C=CC(F)(F)C(F)(F)C(F)(F)C(F)(F)F.FC(F)(F)C(F)(F)C=CC(F)(F)C(F)(F)F. The molecule has 0 fully saturated rings. The second kappa shape index (κ2) is 8.59. The molecule has 0 heterocycles. The van der Waals surface area contributed by atoms with Crippen molar-refractivity contribution in [2.45, 2.75) is 48.1 Å². The zero-order valence-corrected chi connectivity index (χ0v) is 13.6. The average Bonchev–Trinajstić information content (AvgIpc) is 2.50. The molecule has 0 aliphatic rings. The van der Waals surface area contributed by atoms with E-state index in [2.05, 4.69) is 6.58 Å². The highest BCUT2D eigenvalue weighted by atomic mass is 19.4. The van der Waals surface area contributed by atoms with Crippen LogP contribution in [0.15, 0.2) is 24.8 Å². The minimum Gasteiger partial charge on any atom is -0.195 e. The number of rotatable bonds is 5. The van der Waals surface area contributed by atoms with Crippen LogP contribution in [0.1, 0.15) is 0 Å². The Morgan fingerprint density at radius 1 is 0.355 bits per heavy atom. The lowest BCUT2D eigenvalue weighted by atomic mass is 10.0. The Bertz CT molecular complexity index is 598. The highest BCUT2D eigenvalue weighted by Gasteiger charge is 2.80. The fraction of sp³-hybridized carbons (Fsp3) is 0.667. The summed E-state index contributed by atoms with van der Waals surface area (Å²) in [5.41, 5.74) is 0. The van der Waals surface area contributed by atoms with Crippen molar-refractivity contribution in [2.24, 2.45) is 0 Å². The Labute approximate surface area is 158 Å². The maximum atomic E-state index is 12.2. The van der Waals surface area contributed by atoms with E-state index in [-0.39, 0.29) is 0 Å². The summed E-state index contributed by atoms with van der Waals surface area (Å²) in [6, 6.07) is 0. The van der Waals surface area contributed by atoms with Crippen LogP contribution < -0.4 is 0 Å². The van der Waals surface area contributed by atoms with Crippen molar-refractivity contribution in [2.75, 3.05) is 0 Å². The first-order valence-electron chi connectivity index (χ1n) is 6.45. The Morgan fingerprint density at radius 3 is 0.774 bits per heavy atom. The van der Waals surface area contributed by atoms with E-state index in [1.165, 1.54) is 0 Å². The van der Waals surface area contributed by atoms with Gasteiger partial charge in [-0.25, -0.2) is 0 Å². The lowest BCUT2D eigenvalue weighted by molar-refractivity contribution is -0.388. The molecule has 0 bridgehead atoms. The molecular formula is C12H5F19. The van der Waals surface area contributed by atoms with Crippen LogP contribution >= 0.6 is 0 Å². The molecule has 0 unspecified atom stereocenters. The molecule has 0 radical (unpaired) electrons. The largest absolute Gasteiger partial charge is 0.460 e. The van der Waals surface area contributed by atoms with E-state index in [0.717, 1.165) is 0 Å². The van der Waals surface area contributed by atoms with Gasteiger partial charge in [0, 0.05) is 0 Å². The second-order valence-corrected chi connectivity index (χ2v) is 5.05. The smallest absolute Gasteiger partial charge is 0.195 e. The van der Waals surface area contributed by atoms with E-state index in [4.69, 9.17) is 0 Å². The Morgan fingerprint density at radius 2 is 0.613 bits per heavy atom. The lowest BCUT2D eigenvalue weighted by Gasteiger charge is -2.31. The normalized spacial score (nSPS) is 15.6. The number of halogens is 19. The summed E-state index contributed by atoms with van der Waals surface area (Å²) in [7, 11) is 0. The first-order valence-corrected chi connectivity index (χ1v) is 6.45. The van der Waals surface area contributed by atoms with Crippen LogP contribution in [0.5, 0.6) is 0 Å². The summed E-state index contributed by atoms with van der Waals surface area (Å²) in [6.45, 7) is 2.06. The molecule has 0 aliphatic carbocycles. The topological polar surface area (TPSA) is 0 Å². The molecule has 19 heteroatoms. The van der Waals surface area contributed by atoms with Crippen molar-refractivity contribution in [3.8, 4) is 0 Å². The van der Waals surface area contributed by atoms with Gasteiger partial charge in [0.2, 0.25) is 0 Å². The maximum absolute atomic E-state index is 12.2. The van der Waals surface area contributed by atoms with Crippen LogP contribution in [0.4, 0.5) is 83.4 Å². The molecule has 0 saturated carbocycles. The number of hydrogen-bond acceptors (Lipinski definition) is 0. The molecule has 31 heavy (non-hydrogen) atoms. The van der Waals surface area contributed by atoms with Crippen molar-refractivity contribution < 1.29 is 83.4 Å². The van der Waals surface area contributed by atoms with E-state index >= 15 is 0 Å². The van der Waals surface area contributed by atoms with Crippen LogP contribution in [-0.4, -0.2) is 48.1 Å². The third-order valence-corrected chi connectivity index (χ3v) is 2.68. The molecule has 0 spiro atoms. The summed E-state index contributed by atoms with van der Waals surface area (Å²) >= 11 is 0. The molecule has 186 valence electrons.